The summed E-state index contributed by atoms with van der Waals surface area (Å²) in [5.41, 5.74) is 9.39. The molecule has 0 amide bonds. The van der Waals surface area contributed by atoms with Crippen LogP contribution in [0.4, 0.5) is 4.39 Å². The molecule has 1 aromatic heterocycles. The first-order valence-corrected chi connectivity index (χ1v) is 13.4. The average Bonchev–Trinajstić information content (AvgIpc) is 2.99. The monoisotopic (exact) mass is 495 g/mol. The fraction of sp³-hybridized carbons (Fsp3) is 0.139. The number of nitrogens with zero attached hydrogens (tertiary/aromatic N) is 1. The van der Waals surface area contributed by atoms with Crippen molar-refractivity contribution in [1.82, 2.24) is 4.98 Å². The molecule has 0 saturated carbocycles. The second-order valence-corrected chi connectivity index (χ2v) is 9.99. The number of hydrogen-bond acceptors (Lipinski definition) is 1. The summed E-state index contributed by atoms with van der Waals surface area (Å²) in [7, 11) is 0. The summed E-state index contributed by atoms with van der Waals surface area (Å²) in [5.74, 6) is 0.315. The Morgan fingerprint density at radius 2 is 1.45 bits per heavy atom. The Balaban J connectivity index is 0.000000390. The lowest BCUT2D eigenvalue weighted by molar-refractivity contribution is 0.614. The molecule has 0 N–H and O–H groups in total. The van der Waals surface area contributed by atoms with E-state index in [4.69, 9.17) is 0 Å². The summed E-state index contributed by atoms with van der Waals surface area (Å²) in [6, 6.07) is 37.0. The SMILES string of the molecule is Fc1ccc(C2=c3c(ccc4c3=CCc3ccccc3-4)C(Cc3ccccc3)CC2)cc1.c1ccncc1. The van der Waals surface area contributed by atoms with E-state index in [1.165, 1.54) is 43.8 Å². The Morgan fingerprint density at radius 3 is 2.18 bits per heavy atom. The molecule has 0 saturated heterocycles. The van der Waals surface area contributed by atoms with Crippen LogP contribution in [0, 0.1) is 5.82 Å². The van der Waals surface area contributed by atoms with Gasteiger partial charge in [-0.05, 0) is 105 Å². The normalized spacial score (nSPS) is 15.2. The molecule has 2 aliphatic rings. The lowest BCUT2D eigenvalue weighted by atomic mass is 9.76. The minimum Gasteiger partial charge on any atom is -0.265 e. The van der Waals surface area contributed by atoms with Gasteiger partial charge >= 0.3 is 0 Å². The second kappa shape index (κ2) is 11.0. The minimum absolute atomic E-state index is 0.178. The highest BCUT2D eigenvalue weighted by Crippen LogP contribution is 2.34. The fourth-order valence-electron chi connectivity index (χ4n) is 5.90. The van der Waals surface area contributed by atoms with Crippen LogP contribution < -0.4 is 10.4 Å². The van der Waals surface area contributed by atoms with Gasteiger partial charge in [0.15, 0.2) is 0 Å². The van der Waals surface area contributed by atoms with Gasteiger partial charge < -0.3 is 0 Å². The predicted octanol–water partition coefficient (Wildman–Crippen LogP) is 7.23. The van der Waals surface area contributed by atoms with E-state index in [0.29, 0.717) is 5.92 Å². The van der Waals surface area contributed by atoms with Crippen molar-refractivity contribution in [3.8, 4) is 11.1 Å². The summed E-state index contributed by atoms with van der Waals surface area (Å²) < 4.78 is 13.7. The summed E-state index contributed by atoms with van der Waals surface area (Å²) in [6.07, 6.45) is 10.1. The van der Waals surface area contributed by atoms with E-state index in [-0.39, 0.29) is 5.82 Å². The van der Waals surface area contributed by atoms with E-state index in [9.17, 15) is 4.39 Å². The summed E-state index contributed by atoms with van der Waals surface area (Å²) >= 11 is 0. The maximum atomic E-state index is 13.7. The summed E-state index contributed by atoms with van der Waals surface area (Å²) in [5, 5.41) is 2.74. The highest BCUT2D eigenvalue weighted by Gasteiger charge is 2.24. The zero-order chi connectivity index (χ0) is 25.7. The number of hydrogen-bond donors (Lipinski definition) is 0. The van der Waals surface area contributed by atoms with Crippen LogP contribution in [0.15, 0.2) is 122 Å². The molecular weight excluding hydrogens is 465 g/mol. The summed E-state index contributed by atoms with van der Waals surface area (Å²) in [6.45, 7) is 0. The number of fused-ring (bicyclic) bond motifs is 5. The van der Waals surface area contributed by atoms with Crippen molar-refractivity contribution in [3.63, 3.8) is 0 Å². The van der Waals surface area contributed by atoms with Gasteiger partial charge in [-0.1, -0.05) is 91.0 Å². The molecule has 186 valence electrons. The lowest BCUT2D eigenvalue weighted by Crippen LogP contribution is -2.38. The van der Waals surface area contributed by atoms with E-state index in [0.717, 1.165) is 31.2 Å². The highest BCUT2D eigenvalue weighted by atomic mass is 19.1. The topological polar surface area (TPSA) is 12.9 Å². The first-order valence-electron chi connectivity index (χ1n) is 13.4. The van der Waals surface area contributed by atoms with Crippen LogP contribution in [-0.4, -0.2) is 4.98 Å². The molecule has 0 radical (unpaired) electrons. The largest absolute Gasteiger partial charge is 0.265 e. The number of halogens is 1. The molecular formula is C36H30FN. The number of pyridine rings is 1. The Labute approximate surface area is 223 Å². The van der Waals surface area contributed by atoms with Crippen LogP contribution in [0.3, 0.4) is 0 Å². The van der Waals surface area contributed by atoms with E-state index < -0.39 is 0 Å². The minimum atomic E-state index is -0.178. The zero-order valence-electron chi connectivity index (χ0n) is 21.4. The van der Waals surface area contributed by atoms with Crippen molar-refractivity contribution in [3.05, 3.63) is 160 Å². The van der Waals surface area contributed by atoms with Gasteiger partial charge in [0.25, 0.3) is 0 Å². The van der Waals surface area contributed by atoms with Crippen molar-refractivity contribution < 1.29 is 4.39 Å². The van der Waals surface area contributed by atoms with Gasteiger partial charge in [-0.15, -0.1) is 0 Å². The Hall–Kier alpha value is -4.30. The van der Waals surface area contributed by atoms with Gasteiger partial charge in [-0.25, -0.2) is 4.39 Å². The number of aromatic nitrogens is 1. The molecule has 0 aliphatic heterocycles. The third-order valence-corrected chi connectivity index (χ3v) is 7.68. The van der Waals surface area contributed by atoms with Crippen LogP contribution >= 0.6 is 0 Å². The molecule has 1 unspecified atom stereocenters. The van der Waals surface area contributed by atoms with Crippen LogP contribution in [0.5, 0.6) is 0 Å². The van der Waals surface area contributed by atoms with Crippen LogP contribution in [0.25, 0.3) is 22.8 Å². The van der Waals surface area contributed by atoms with Gasteiger partial charge in [-0.2, -0.15) is 0 Å². The lowest BCUT2D eigenvalue weighted by Gasteiger charge is -2.28. The maximum absolute atomic E-state index is 13.7. The third kappa shape index (κ3) is 4.95. The van der Waals surface area contributed by atoms with Crippen molar-refractivity contribution in [1.29, 1.82) is 0 Å². The van der Waals surface area contributed by atoms with E-state index in [2.05, 4.69) is 77.8 Å². The third-order valence-electron chi connectivity index (χ3n) is 7.68. The van der Waals surface area contributed by atoms with Gasteiger partial charge in [0.05, 0.1) is 0 Å². The highest BCUT2D eigenvalue weighted by molar-refractivity contribution is 5.77. The second-order valence-electron chi connectivity index (χ2n) is 9.99. The first kappa shape index (κ1) is 24.1. The molecule has 38 heavy (non-hydrogen) atoms. The van der Waals surface area contributed by atoms with Crippen LogP contribution in [-0.2, 0) is 12.8 Å². The van der Waals surface area contributed by atoms with Crippen molar-refractivity contribution in [2.45, 2.75) is 31.6 Å². The summed E-state index contributed by atoms with van der Waals surface area (Å²) in [4.78, 5) is 3.78. The number of rotatable bonds is 3. The molecule has 1 heterocycles. The number of benzene rings is 4. The molecule has 5 aromatic rings. The molecule has 2 heteroatoms. The quantitative estimate of drug-likeness (QED) is 0.257. The van der Waals surface area contributed by atoms with Crippen molar-refractivity contribution in [2.75, 3.05) is 0 Å². The molecule has 1 nitrogen and oxygen atoms in total. The van der Waals surface area contributed by atoms with Gasteiger partial charge in [0, 0.05) is 12.4 Å². The zero-order valence-corrected chi connectivity index (χ0v) is 21.4. The van der Waals surface area contributed by atoms with E-state index >= 15 is 0 Å². The van der Waals surface area contributed by atoms with Crippen LogP contribution in [0.1, 0.15) is 41.0 Å². The average molecular weight is 496 g/mol. The Morgan fingerprint density at radius 1 is 0.711 bits per heavy atom. The fourth-order valence-corrected chi connectivity index (χ4v) is 5.90. The molecule has 2 aliphatic carbocycles. The van der Waals surface area contributed by atoms with Gasteiger partial charge in [0.1, 0.15) is 5.82 Å². The van der Waals surface area contributed by atoms with Gasteiger partial charge in [-0.3, -0.25) is 4.98 Å². The molecule has 0 spiro atoms. The Bertz CT molecular complexity index is 1630. The van der Waals surface area contributed by atoms with E-state index in [1.807, 2.05) is 30.3 Å². The molecule has 0 bridgehead atoms. The predicted molar refractivity (Wildman–Crippen MR) is 155 cm³/mol. The first-order chi connectivity index (χ1) is 18.8. The Kier molecular flexibility index (Phi) is 6.95. The van der Waals surface area contributed by atoms with Crippen molar-refractivity contribution >= 4 is 11.6 Å². The molecule has 7 rings (SSSR count). The standard InChI is InChI=1S/C31H25F.C5H5N/c32-25-14-10-23(11-15-25)27-16-13-24(20-21-6-2-1-3-7-21)28-18-19-29-26-9-5-4-8-22(26)12-17-30(29)31(27)28;1-2-4-6-5-3-1/h1-11,14-15,17-19,24H,12-13,16,20H2;1-5H. The molecule has 4 aromatic carbocycles. The van der Waals surface area contributed by atoms with Crippen LogP contribution in [0.2, 0.25) is 0 Å². The molecule has 1 atom stereocenters. The maximum Gasteiger partial charge on any atom is 0.123 e. The van der Waals surface area contributed by atoms with E-state index in [1.54, 1.807) is 24.5 Å². The van der Waals surface area contributed by atoms with Crippen molar-refractivity contribution in [2.24, 2.45) is 0 Å². The van der Waals surface area contributed by atoms with Gasteiger partial charge in [0.2, 0.25) is 0 Å². The molecule has 0 fully saturated rings. The smallest absolute Gasteiger partial charge is 0.123 e.